The molecule has 1 atom stereocenters. The van der Waals surface area contributed by atoms with Gasteiger partial charge >= 0.3 is 6.09 Å². The van der Waals surface area contributed by atoms with Gasteiger partial charge in [-0.1, -0.05) is 11.6 Å². The van der Waals surface area contributed by atoms with Crippen LogP contribution in [0.3, 0.4) is 0 Å². The molecular formula is C12H17ClN2O2S. The van der Waals surface area contributed by atoms with Crippen LogP contribution in [0.5, 0.6) is 0 Å². The Morgan fingerprint density at radius 3 is 2.83 bits per heavy atom. The van der Waals surface area contributed by atoms with Crippen molar-refractivity contribution in [1.29, 1.82) is 0 Å². The predicted octanol–water partition coefficient (Wildman–Crippen LogP) is 3.48. The molecular weight excluding hydrogens is 272 g/mol. The van der Waals surface area contributed by atoms with Crippen molar-refractivity contribution in [3.8, 4) is 0 Å². The first-order chi connectivity index (χ1) is 8.26. The molecule has 2 rings (SSSR count). The molecule has 0 N–H and O–H groups in total. The SMILES string of the molecule is C[C@@H]1Cc2nc(Cl)sc2CN1C(=O)OC(C)(C)C. The summed E-state index contributed by atoms with van der Waals surface area (Å²) in [6.45, 7) is 8.15. The summed E-state index contributed by atoms with van der Waals surface area (Å²) in [5.41, 5.74) is 0.542. The fraction of sp³-hybridized carbons (Fsp3) is 0.667. The Morgan fingerprint density at radius 1 is 1.56 bits per heavy atom. The van der Waals surface area contributed by atoms with E-state index in [0.717, 1.165) is 17.0 Å². The van der Waals surface area contributed by atoms with Gasteiger partial charge in [0.25, 0.3) is 0 Å². The number of fused-ring (bicyclic) bond motifs is 1. The first kappa shape index (κ1) is 13.6. The van der Waals surface area contributed by atoms with Gasteiger partial charge in [0.05, 0.1) is 12.2 Å². The molecule has 0 fully saturated rings. The van der Waals surface area contributed by atoms with Crippen LogP contribution in [0.1, 0.15) is 38.3 Å². The minimum atomic E-state index is -0.470. The van der Waals surface area contributed by atoms with Crippen LogP contribution in [0.15, 0.2) is 0 Å². The summed E-state index contributed by atoms with van der Waals surface area (Å²) in [4.78, 5) is 19.2. The maximum Gasteiger partial charge on any atom is 0.410 e. The average Bonchev–Trinajstić information content (AvgIpc) is 2.53. The van der Waals surface area contributed by atoms with Crippen molar-refractivity contribution in [2.75, 3.05) is 0 Å². The molecule has 0 bridgehead atoms. The summed E-state index contributed by atoms with van der Waals surface area (Å²) in [6.07, 6.45) is 0.461. The van der Waals surface area contributed by atoms with E-state index in [1.54, 1.807) is 4.90 Å². The van der Waals surface area contributed by atoms with E-state index in [1.807, 2.05) is 27.7 Å². The van der Waals surface area contributed by atoms with Crippen LogP contribution in [0.2, 0.25) is 4.47 Å². The number of nitrogens with zero attached hydrogens (tertiary/aromatic N) is 2. The number of thiazole rings is 1. The zero-order chi connectivity index (χ0) is 13.5. The first-order valence-corrected chi connectivity index (χ1v) is 7.09. The minimum absolute atomic E-state index is 0.0884. The van der Waals surface area contributed by atoms with Crippen molar-refractivity contribution >= 4 is 29.0 Å². The number of aromatic nitrogens is 1. The van der Waals surface area contributed by atoms with E-state index >= 15 is 0 Å². The predicted molar refractivity (Wildman–Crippen MR) is 72.1 cm³/mol. The van der Waals surface area contributed by atoms with Gasteiger partial charge in [-0.05, 0) is 27.7 Å². The van der Waals surface area contributed by atoms with Crippen LogP contribution in [0.4, 0.5) is 4.79 Å². The summed E-state index contributed by atoms with van der Waals surface area (Å²) in [6, 6.07) is 0.0884. The fourth-order valence-electron chi connectivity index (χ4n) is 1.90. The zero-order valence-corrected chi connectivity index (χ0v) is 12.6. The van der Waals surface area contributed by atoms with E-state index in [0.29, 0.717) is 11.0 Å². The van der Waals surface area contributed by atoms with E-state index in [-0.39, 0.29) is 12.1 Å². The molecule has 1 amide bonds. The molecule has 0 saturated carbocycles. The Labute approximate surface area is 116 Å². The third kappa shape index (κ3) is 2.95. The molecule has 0 aromatic carbocycles. The number of rotatable bonds is 0. The van der Waals surface area contributed by atoms with Gasteiger partial charge in [-0.25, -0.2) is 9.78 Å². The highest BCUT2D eigenvalue weighted by Crippen LogP contribution is 2.31. The van der Waals surface area contributed by atoms with Gasteiger partial charge in [0.2, 0.25) is 0 Å². The first-order valence-electron chi connectivity index (χ1n) is 5.90. The molecule has 0 radical (unpaired) electrons. The summed E-state index contributed by atoms with van der Waals surface area (Å²) < 4.78 is 5.95. The van der Waals surface area contributed by atoms with Crippen LogP contribution in [0.25, 0.3) is 0 Å². The van der Waals surface area contributed by atoms with E-state index in [1.165, 1.54) is 11.3 Å². The van der Waals surface area contributed by atoms with Crippen molar-refractivity contribution in [2.24, 2.45) is 0 Å². The van der Waals surface area contributed by atoms with Crippen LogP contribution >= 0.6 is 22.9 Å². The summed E-state index contributed by atoms with van der Waals surface area (Å²) >= 11 is 7.34. The Bertz CT molecular complexity index is 467. The molecule has 2 heterocycles. The number of halogens is 1. The van der Waals surface area contributed by atoms with Crippen LogP contribution in [-0.2, 0) is 17.7 Å². The van der Waals surface area contributed by atoms with Gasteiger partial charge in [-0.15, -0.1) is 11.3 Å². The number of carbonyl (C=O) groups is 1. The molecule has 1 aromatic rings. The third-order valence-corrected chi connectivity index (χ3v) is 3.90. The lowest BCUT2D eigenvalue weighted by Crippen LogP contribution is -2.44. The number of hydrogen-bond acceptors (Lipinski definition) is 4. The van der Waals surface area contributed by atoms with Crippen molar-refractivity contribution in [1.82, 2.24) is 9.88 Å². The van der Waals surface area contributed by atoms with E-state index in [2.05, 4.69) is 4.98 Å². The lowest BCUT2D eigenvalue weighted by Gasteiger charge is -2.34. The second kappa shape index (κ2) is 4.70. The quantitative estimate of drug-likeness (QED) is 0.734. The second-order valence-corrected chi connectivity index (χ2v) is 7.16. The van der Waals surface area contributed by atoms with Gasteiger partial charge in [0, 0.05) is 17.3 Å². The van der Waals surface area contributed by atoms with Gasteiger partial charge < -0.3 is 4.74 Å². The maximum absolute atomic E-state index is 12.1. The Morgan fingerprint density at radius 2 is 2.22 bits per heavy atom. The monoisotopic (exact) mass is 288 g/mol. The average molecular weight is 289 g/mol. The second-order valence-electron chi connectivity index (χ2n) is 5.50. The van der Waals surface area contributed by atoms with E-state index in [9.17, 15) is 4.79 Å². The van der Waals surface area contributed by atoms with Crippen molar-refractivity contribution in [3.63, 3.8) is 0 Å². The van der Waals surface area contributed by atoms with E-state index in [4.69, 9.17) is 16.3 Å². The number of ether oxygens (including phenoxy) is 1. The molecule has 6 heteroatoms. The van der Waals surface area contributed by atoms with E-state index < -0.39 is 5.60 Å². The number of hydrogen-bond donors (Lipinski definition) is 0. The standard InChI is InChI=1S/C12H17ClN2O2S/c1-7-5-8-9(18-10(13)14-8)6-15(7)11(16)17-12(2,3)4/h7H,5-6H2,1-4H3/t7-/m1/s1. The molecule has 100 valence electrons. The topological polar surface area (TPSA) is 42.4 Å². The van der Waals surface area contributed by atoms with Crippen molar-refractivity contribution < 1.29 is 9.53 Å². The van der Waals surface area contributed by atoms with Gasteiger partial charge in [-0.2, -0.15) is 0 Å². The van der Waals surface area contributed by atoms with Crippen molar-refractivity contribution in [2.45, 2.75) is 52.3 Å². The molecule has 18 heavy (non-hydrogen) atoms. The summed E-state index contributed by atoms with van der Waals surface area (Å²) in [5, 5.41) is 0. The lowest BCUT2D eigenvalue weighted by atomic mass is 10.1. The highest BCUT2D eigenvalue weighted by molar-refractivity contribution is 7.15. The maximum atomic E-state index is 12.1. The Kier molecular flexibility index (Phi) is 3.56. The lowest BCUT2D eigenvalue weighted by molar-refractivity contribution is 0.0140. The highest BCUT2D eigenvalue weighted by Gasteiger charge is 2.32. The molecule has 0 aliphatic carbocycles. The molecule has 1 aromatic heterocycles. The highest BCUT2D eigenvalue weighted by atomic mass is 35.5. The fourth-order valence-corrected chi connectivity index (χ4v) is 3.09. The molecule has 0 unspecified atom stereocenters. The minimum Gasteiger partial charge on any atom is -0.444 e. The zero-order valence-electron chi connectivity index (χ0n) is 11.0. The van der Waals surface area contributed by atoms with Crippen LogP contribution in [-0.4, -0.2) is 27.6 Å². The summed E-state index contributed by atoms with van der Waals surface area (Å²) in [7, 11) is 0. The van der Waals surface area contributed by atoms with Gasteiger partial charge in [0.15, 0.2) is 4.47 Å². The number of amides is 1. The number of carbonyl (C=O) groups excluding carboxylic acids is 1. The molecule has 1 aliphatic rings. The molecule has 1 aliphatic heterocycles. The Hall–Kier alpha value is -0.810. The van der Waals surface area contributed by atoms with Crippen LogP contribution < -0.4 is 0 Å². The smallest absolute Gasteiger partial charge is 0.410 e. The molecule has 0 spiro atoms. The largest absolute Gasteiger partial charge is 0.444 e. The molecule has 0 saturated heterocycles. The Balaban J connectivity index is 2.14. The third-order valence-electron chi connectivity index (χ3n) is 2.71. The summed E-state index contributed by atoms with van der Waals surface area (Å²) in [5.74, 6) is 0. The normalized spacial score (nSPS) is 19.6. The van der Waals surface area contributed by atoms with Crippen LogP contribution in [0, 0.1) is 0 Å². The molecule has 4 nitrogen and oxygen atoms in total. The van der Waals surface area contributed by atoms with Gasteiger partial charge in [-0.3, -0.25) is 4.90 Å². The van der Waals surface area contributed by atoms with Crippen molar-refractivity contribution in [3.05, 3.63) is 15.0 Å². The van der Waals surface area contributed by atoms with Gasteiger partial charge in [0.1, 0.15) is 5.60 Å².